The quantitative estimate of drug-likeness (QED) is 0.596. The summed E-state index contributed by atoms with van der Waals surface area (Å²) in [6.45, 7) is 1.34. The van der Waals surface area contributed by atoms with Gasteiger partial charge < -0.3 is 9.15 Å². The lowest BCUT2D eigenvalue weighted by Crippen LogP contribution is -2.14. The Balaban J connectivity index is 3.26. The van der Waals surface area contributed by atoms with Crippen LogP contribution in [0.1, 0.15) is 33.4 Å². The van der Waals surface area contributed by atoms with Crippen LogP contribution in [0.5, 0.6) is 0 Å². The lowest BCUT2D eigenvalue weighted by atomic mass is 10.1. The largest absolute Gasteiger partial charge is 0.462 e. The summed E-state index contributed by atoms with van der Waals surface area (Å²) >= 11 is 0. The molecule has 0 aliphatic heterocycles. The van der Waals surface area contributed by atoms with Gasteiger partial charge in [-0.2, -0.15) is 13.2 Å². The van der Waals surface area contributed by atoms with E-state index in [2.05, 4.69) is 9.15 Å². The fourth-order valence-electron chi connectivity index (χ4n) is 1.08. The van der Waals surface area contributed by atoms with Gasteiger partial charge in [0.25, 0.3) is 0 Å². The number of rotatable bonds is 3. The van der Waals surface area contributed by atoms with Crippen LogP contribution in [0.2, 0.25) is 0 Å². The van der Waals surface area contributed by atoms with Crippen LogP contribution in [0, 0.1) is 0 Å². The summed E-state index contributed by atoms with van der Waals surface area (Å²) < 4.78 is 46.0. The number of esters is 1. The molecule has 1 aromatic heterocycles. The summed E-state index contributed by atoms with van der Waals surface area (Å²) in [7, 11) is 0. The van der Waals surface area contributed by atoms with Gasteiger partial charge in [0.05, 0.1) is 6.61 Å². The van der Waals surface area contributed by atoms with Crippen LogP contribution in [0.25, 0.3) is 0 Å². The average molecular weight is 236 g/mol. The van der Waals surface area contributed by atoms with E-state index in [9.17, 15) is 22.8 Å². The minimum atomic E-state index is -4.77. The maximum absolute atomic E-state index is 12.4. The van der Waals surface area contributed by atoms with E-state index < -0.39 is 29.0 Å². The van der Waals surface area contributed by atoms with Crippen molar-refractivity contribution in [2.75, 3.05) is 6.61 Å². The highest BCUT2D eigenvalue weighted by Crippen LogP contribution is 2.34. The molecule has 0 atom stereocenters. The first kappa shape index (κ1) is 12.3. The van der Waals surface area contributed by atoms with Crippen LogP contribution < -0.4 is 0 Å². The van der Waals surface area contributed by atoms with E-state index in [1.165, 1.54) is 6.92 Å². The standard InChI is InChI=1S/C9H7F3O4/c1-2-15-8(14)7-5(9(10,11)12)4-16-6(7)3-13/h3-4H,2H2,1H3. The molecule has 0 fully saturated rings. The van der Waals surface area contributed by atoms with E-state index in [4.69, 9.17) is 0 Å². The highest BCUT2D eigenvalue weighted by Gasteiger charge is 2.39. The van der Waals surface area contributed by atoms with Crippen molar-refractivity contribution in [1.82, 2.24) is 0 Å². The Morgan fingerprint density at radius 3 is 2.62 bits per heavy atom. The van der Waals surface area contributed by atoms with Gasteiger partial charge in [-0.25, -0.2) is 4.79 Å². The van der Waals surface area contributed by atoms with E-state index in [1.54, 1.807) is 0 Å². The summed E-state index contributed by atoms with van der Waals surface area (Å²) in [5, 5.41) is 0. The number of aldehydes is 1. The number of carbonyl (C=O) groups is 2. The van der Waals surface area contributed by atoms with Crippen LogP contribution in [0.15, 0.2) is 10.7 Å². The van der Waals surface area contributed by atoms with E-state index in [0.717, 1.165) is 0 Å². The second-order valence-corrected chi connectivity index (χ2v) is 2.72. The first-order valence-electron chi connectivity index (χ1n) is 4.22. The van der Waals surface area contributed by atoms with Crippen molar-refractivity contribution >= 4 is 12.3 Å². The zero-order chi connectivity index (χ0) is 12.3. The van der Waals surface area contributed by atoms with Gasteiger partial charge in [0.2, 0.25) is 0 Å². The predicted molar refractivity (Wildman–Crippen MR) is 45.1 cm³/mol. The molecule has 0 amide bonds. The number of alkyl halides is 3. The minimum Gasteiger partial charge on any atom is -0.462 e. The molecule has 0 spiro atoms. The Morgan fingerprint density at radius 2 is 2.19 bits per heavy atom. The minimum absolute atomic E-state index is 0.0293. The monoisotopic (exact) mass is 236 g/mol. The second kappa shape index (κ2) is 4.38. The van der Waals surface area contributed by atoms with Gasteiger partial charge >= 0.3 is 12.1 Å². The maximum atomic E-state index is 12.4. The van der Waals surface area contributed by atoms with Crippen LogP contribution in [0.4, 0.5) is 13.2 Å². The molecule has 0 unspecified atom stereocenters. The summed E-state index contributed by atoms with van der Waals surface area (Å²) in [5.74, 6) is -1.92. The Morgan fingerprint density at radius 1 is 1.56 bits per heavy atom. The SMILES string of the molecule is CCOC(=O)c1c(C(F)(F)F)coc1C=O. The molecule has 0 aliphatic carbocycles. The molecule has 1 aromatic rings. The third kappa shape index (κ3) is 2.23. The van der Waals surface area contributed by atoms with Crippen molar-refractivity contribution in [3.63, 3.8) is 0 Å². The molecule has 0 saturated heterocycles. The Labute approximate surface area is 88.0 Å². The molecule has 7 heteroatoms. The van der Waals surface area contributed by atoms with E-state index in [1.807, 2.05) is 0 Å². The summed E-state index contributed by atoms with van der Waals surface area (Å²) in [5.41, 5.74) is -2.20. The smallest absolute Gasteiger partial charge is 0.420 e. The van der Waals surface area contributed by atoms with Crippen LogP contribution in [-0.2, 0) is 10.9 Å². The van der Waals surface area contributed by atoms with Gasteiger partial charge in [0.15, 0.2) is 12.0 Å². The number of halogens is 3. The zero-order valence-corrected chi connectivity index (χ0v) is 8.13. The molecule has 0 bridgehead atoms. The number of carbonyl (C=O) groups excluding carboxylic acids is 2. The summed E-state index contributed by atoms with van der Waals surface area (Å²) in [6.07, 6.45) is -4.43. The van der Waals surface area contributed by atoms with Crippen LogP contribution >= 0.6 is 0 Å². The Hall–Kier alpha value is -1.79. The molecule has 16 heavy (non-hydrogen) atoms. The fraction of sp³-hybridized carbons (Fsp3) is 0.333. The third-order valence-corrected chi connectivity index (χ3v) is 1.71. The lowest BCUT2D eigenvalue weighted by molar-refractivity contribution is -0.138. The van der Waals surface area contributed by atoms with Crippen molar-refractivity contribution < 1.29 is 31.9 Å². The first-order chi connectivity index (χ1) is 7.41. The Kier molecular flexibility index (Phi) is 3.36. The number of ether oxygens (including phenoxy) is 1. The van der Waals surface area contributed by atoms with Crippen molar-refractivity contribution in [3.05, 3.63) is 23.2 Å². The molecule has 0 N–H and O–H groups in total. The van der Waals surface area contributed by atoms with Crippen molar-refractivity contribution in [2.24, 2.45) is 0 Å². The first-order valence-corrected chi connectivity index (χ1v) is 4.22. The Bertz CT molecular complexity index is 405. The number of hydrogen-bond donors (Lipinski definition) is 0. The highest BCUT2D eigenvalue weighted by atomic mass is 19.4. The molecule has 88 valence electrons. The second-order valence-electron chi connectivity index (χ2n) is 2.72. The van der Waals surface area contributed by atoms with Crippen molar-refractivity contribution in [3.8, 4) is 0 Å². The number of furan rings is 1. The normalized spacial score (nSPS) is 11.2. The van der Waals surface area contributed by atoms with Gasteiger partial charge in [0.1, 0.15) is 17.4 Å². The van der Waals surface area contributed by atoms with Gasteiger partial charge in [-0.05, 0) is 6.92 Å². The molecule has 1 rings (SSSR count). The molecule has 0 aromatic carbocycles. The number of hydrogen-bond acceptors (Lipinski definition) is 4. The zero-order valence-electron chi connectivity index (χ0n) is 8.13. The van der Waals surface area contributed by atoms with Crippen molar-refractivity contribution in [1.29, 1.82) is 0 Å². The topological polar surface area (TPSA) is 56.5 Å². The fourth-order valence-corrected chi connectivity index (χ4v) is 1.08. The molecule has 0 radical (unpaired) electrons. The van der Waals surface area contributed by atoms with Gasteiger partial charge in [-0.1, -0.05) is 0 Å². The van der Waals surface area contributed by atoms with Crippen molar-refractivity contribution in [2.45, 2.75) is 13.1 Å². The molecule has 1 heterocycles. The molecule has 0 aliphatic rings. The molecular weight excluding hydrogens is 229 g/mol. The lowest BCUT2D eigenvalue weighted by Gasteiger charge is -2.06. The van der Waals surface area contributed by atoms with Crippen LogP contribution in [0.3, 0.4) is 0 Å². The average Bonchev–Trinajstić information content (AvgIpc) is 2.60. The maximum Gasteiger partial charge on any atom is 0.420 e. The highest BCUT2D eigenvalue weighted by molar-refractivity contribution is 5.98. The summed E-state index contributed by atoms with van der Waals surface area (Å²) in [4.78, 5) is 21.6. The van der Waals surface area contributed by atoms with E-state index >= 15 is 0 Å². The third-order valence-electron chi connectivity index (χ3n) is 1.71. The molecule has 4 nitrogen and oxygen atoms in total. The molecule has 0 saturated carbocycles. The van der Waals surface area contributed by atoms with Gasteiger partial charge in [0, 0.05) is 0 Å². The van der Waals surface area contributed by atoms with Gasteiger partial charge in [-0.15, -0.1) is 0 Å². The van der Waals surface area contributed by atoms with Crippen LogP contribution in [-0.4, -0.2) is 18.9 Å². The van der Waals surface area contributed by atoms with E-state index in [-0.39, 0.29) is 12.9 Å². The molecular formula is C9H7F3O4. The predicted octanol–water partition coefficient (Wildman–Crippen LogP) is 2.29. The van der Waals surface area contributed by atoms with E-state index in [0.29, 0.717) is 6.26 Å². The van der Waals surface area contributed by atoms with Gasteiger partial charge in [-0.3, -0.25) is 4.79 Å². The summed E-state index contributed by atoms with van der Waals surface area (Å²) in [6, 6.07) is 0.